The number of carbonyl (C=O) groups is 2. The predicted molar refractivity (Wildman–Crippen MR) is 91.2 cm³/mol. The van der Waals surface area contributed by atoms with E-state index in [0.29, 0.717) is 18.9 Å². The largest absolute Gasteiger partial charge is 0.351 e. The van der Waals surface area contributed by atoms with Gasteiger partial charge in [0.05, 0.1) is 12.1 Å². The normalized spacial score (nSPS) is 26.5. The van der Waals surface area contributed by atoms with Gasteiger partial charge in [-0.2, -0.15) is 0 Å². The second-order valence-electron chi connectivity index (χ2n) is 8.19. The minimum absolute atomic E-state index is 0.0331. The van der Waals surface area contributed by atoms with Crippen molar-refractivity contribution in [3.8, 4) is 0 Å². The molecular weight excluding hydrogens is 292 g/mol. The predicted octanol–water partition coefficient (Wildman–Crippen LogP) is 1.32. The molecule has 3 N–H and O–H groups in total. The Kier molecular flexibility index (Phi) is 5.89. The number of nitrogens with one attached hydrogen (secondary N) is 3. The van der Waals surface area contributed by atoms with Crippen LogP contribution in [0.2, 0.25) is 0 Å². The van der Waals surface area contributed by atoms with Crippen LogP contribution in [0.5, 0.6) is 0 Å². The van der Waals surface area contributed by atoms with Gasteiger partial charge in [-0.25, -0.2) is 4.79 Å². The lowest BCUT2D eigenvalue weighted by molar-refractivity contribution is -0.124. The van der Waals surface area contributed by atoms with Gasteiger partial charge in [-0.15, -0.1) is 0 Å². The van der Waals surface area contributed by atoms with Crippen LogP contribution < -0.4 is 16.0 Å². The Labute approximate surface area is 139 Å². The Morgan fingerprint density at radius 2 is 1.91 bits per heavy atom. The summed E-state index contributed by atoms with van der Waals surface area (Å²) in [6.07, 6.45) is 3.33. The Morgan fingerprint density at radius 3 is 2.52 bits per heavy atom. The van der Waals surface area contributed by atoms with E-state index in [4.69, 9.17) is 0 Å². The maximum atomic E-state index is 12.5. The second kappa shape index (κ2) is 7.51. The molecule has 0 spiro atoms. The van der Waals surface area contributed by atoms with E-state index < -0.39 is 0 Å². The van der Waals surface area contributed by atoms with Crippen LogP contribution in [0.25, 0.3) is 0 Å². The number of hydrogen-bond acceptors (Lipinski definition) is 3. The molecule has 0 aromatic heterocycles. The molecule has 6 heteroatoms. The lowest BCUT2D eigenvalue weighted by atomic mass is 9.82. The van der Waals surface area contributed by atoms with Gasteiger partial charge < -0.3 is 20.9 Å². The molecule has 0 aromatic carbocycles. The van der Waals surface area contributed by atoms with Crippen molar-refractivity contribution >= 4 is 11.9 Å². The van der Waals surface area contributed by atoms with Crippen LogP contribution in [0, 0.1) is 11.3 Å². The van der Waals surface area contributed by atoms with Crippen molar-refractivity contribution in [3.63, 3.8) is 0 Å². The molecule has 2 atom stereocenters. The van der Waals surface area contributed by atoms with E-state index in [1.165, 1.54) is 0 Å². The van der Waals surface area contributed by atoms with E-state index >= 15 is 0 Å². The van der Waals surface area contributed by atoms with Crippen LogP contribution in [-0.4, -0.2) is 55.6 Å². The average molecular weight is 324 g/mol. The SMILES string of the molecule is CN(CC(C)(C)C)C(=O)N[C@@H]1CCC(=O)N[C@H]1C1CCNCC1. The van der Waals surface area contributed by atoms with E-state index in [0.717, 1.165) is 32.4 Å². The molecule has 2 heterocycles. The molecule has 3 amide bonds. The quantitative estimate of drug-likeness (QED) is 0.733. The summed E-state index contributed by atoms with van der Waals surface area (Å²) in [6, 6.07) is 0.0519. The first-order chi connectivity index (χ1) is 10.8. The Morgan fingerprint density at radius 1 is 1.26 bits per heavy atom. The first-order valence-corrected chi connectivity index (χ1v) is 8.78. The van der Waals surface area contributed by atoms with Crippen molar-refractivity contribution in [2.75, 3.05) is 26.7 Å². The number of hydrogen-bond donors (Lipinski definition) is 3. The average Bonchev–Trinajstić information content (AvgIpc) is 2.48. The minimum atomic E-state index is -0.0417. The minimum Gasteiger partial charge on any atom is -0.351 e. The Hall–Kier alpha value is -1.30. The molecule has 0 radical (unpaired) electrons. The highest BCUT2D eigenvalue weighted by atomic mass is 16.2. The smallest absolute Gasteiger partial charge is 0.317 e. The van der Waals surface area contributed by atoms with Crippen molar-refractivity contribution in [2.24, 2.45) is 11.3 Å². The van der Waals surface area contributed by atoms with Gasteiger partial charge in [-0.3, -0.25) is 4.79 Å². The maximum absolute atomic E-state index is 12.5. The first-order valence-electron chi connectivity index (χ1n) is 8.78. The van der Waals surface area contributed by atoms with Crippen LogP contribution >= 0.6 is 0 Å². The van der Waals surface area contributed by atoms with E-state index in [9.17, 15) is 9.59 Å². The zero-order valence-corrected chi connectivity index (χ0v) is 14.9. The van der Waals surface area contributed by atoms with E-state index in [2.05, 4.69) is 36.7 Å². The summed E-state index contributed by atoms with van der Waals surface area (Å²) in [6.45, 7) is 9.04. The van der Waals surface area contributed by atoms with Crippen molar-refractivity contribution in [1.29, 1.82) is 0 Å². The summed E-state index contributed by atoms with van der Waals surface area (Å²) in [4.78, 5) is 26.1. The molecule has 0 aromatic rings. The molecule has 0 unspecified atom stereocenters. The molecule has 2 fully saturated rings. The summed E-state index contributed by atoms with van der Waals surface area (Å²) in [7, 11) is 1.83. The third-order valence-electron chi connectivity index (χ3n) is 4.70. The summed E-state index contributed by atoms with van der Waals surface area (Å²) in [5.41, 5.74) is 0.0707. The third-order valence-corrected chi connectivity index (χ3v) is 4.70. The van der Waals surface area contributed by atoms with Crippen molar-refractivity contribution in [2.45, 2.75) is 58.5 Å². The van der Waals surface area contributed by atoms with E-state index in [-0.39, 0.29) is 29.4 Å². The van der Waals surface area contributed by atoms with Gasteiger partial charge in [0.25, 0.3) is 0 Å². The number of carbonyl (C=O) groups excluding carboxylic acids is 2. The Bertz CT molecular complexity index is 427. The van der Waals surface area contributed by atoms with Crippen molar-refractivity contribution < 1.29 is 9.59 Å². The van der Waals surface area contributed by atoms with E-state index in [1.807, 2.05) is 7.05 Å². The summed E-state index contributed by atoms with van der Waals surface area (Å²) in [5, 5.41) is 9.65. The molecule has 2 aliphatic rings. The van der Waals surface area contributed by atoms with E-state index in [1.54, 1.807) is 4.90 Å². The highest BCUT2D eigenvalue weighted by Crippen LogP contribution is 2.24. The summed E-state index contributed by atoms with van der Waals surface area (Å²) >= 11 is 0. The number of piperidine rings is 2. The number of nitrogens with zero attached hydrogens (tertiary/aromatic N) is 1. The van der Waals surface area contributed by atoms with Crippen LogP contribution in [0.3, 0.4) is 0 Å². The standard InChI is InChI=1S/C17H32N4O2/c1-17(2,3)11-21(4)16(23)19-13-5-6-14(22)20-15(13)12-7-9-18-10-8-12/h12-13,15,18H,5-11H2,1-4H3,(H,19,23)(H,20,22)/t13-,15+/m1/s1. The Balaban J connectivity index is 1.97. The molecular formula is C17H32N4O2. The van der Waals surface area contributed by atoms with Crippen molar-refractivity contribution in [1.82, 2.24) is 20.9 Å². The molecule has 6 nitrogen and oxygen atoms in total. The second-order valence-corrected chi connectivity index (χ2v) is 8.19. The lowest BCUT2D eigenvalue weighted by Crippen LogP contribution is -2.61. The molecule has 132 valence electrons. The molecule has 2 aliphatic heterocycles. The van der Waals surface area contributed by atoms with Gasteiger partial charge in [0.2, 0.25) is 5.91 Å². The lowest BCUT2D eigenvalue weighted by Gasteiger charge is -2.40. The van der Waals surface area contributed by atoms with Gasteiger partial charge >= 0.3 is 6.03 Å². The van der Waals surface area contributed by atoms with Gasteiger partial charge in [0.15, 0.2) is 0 Å². The van der Waals surface area contributed by atoms with Crippen LogP contribution in [-0.2, 0) is 4.79 Å². The fourth-order valence-electron chi connectivity index (χ4n) is 3.69. The third kappa shape index (κ3) is 5.37. The molecule has 0 aliphatic carbocycles. The molecule has 23 heavy (non-hydrogen) atoms. The highest BCUT2D eigenvalue weighted by Gasteiger charge is 2.36. The van der Waals surface area contributed by atoms with Gasteiger partial charge in [0, 0.05) is 20.0 Å². The fraction of sp³-hybridized carbons (Fsp3) is 0.882. The van der Waals surface area contributed by atoms with Crippen molar-refractivity contribution in [3.05, 3.63) is 0 Å². The number of rotatable bonds is 3. The monoisotopic (exact) mass is 324 g/mol. The van der Waals surface area contributed by atoms with Gasteiger partial charge in [-0.1, -0.05) is 20.8 Å². The number of urea groups is 1. The topological polar surface area (TPSA) is 73.5 Å². The van der Waals surface area contributed by atoms with Crippen LogP contribution in [0.4, 0.5) is 4.79 Å². The molecule has 2 saturated heterocycles. The maximum Gasteiger partial charge on any atom is 0.317 e. The molecule has 2 rings (SSSR count). The highest BCUT2D eigenvalue weighted by molar-refractivity contribution is 5.78. The molecule has 0 bridgehead atoms. The van der Waals surface area contributed by atoms with Crippen LogP contribution in [0.15, 0.2) is 0 Å². The van der Waals surface area contributed by atoms with Gasteiger partial charge in [0.1, 0.15) is 0 Å². The number of amides is 3. The fourth-order valence-corrected chi connectivity index (χ4v) is 3.69. The zero-order valence-electron chi connectivity index (χ0n) is 14.9. The summed E-state index contributed by atoms with van der Waals surface area (Å²) in [5.74, 6) is 0.556. The first kappa shape index (κ1) is 18.0. The van der Waals surface area contributed by atoms with Gasteiger partial charge in [-0.05, 0) is 43.7 Å². The zero-order chi connectivity index (χ0) is 17.0. The van der Waals surface area contributed by atoms with Crippen LogP contribution in [0.1, 0.15) is 46.5 Å². The molecule has 0 saturated carbocycles. The summed E-state index contributed by atoms with van der Waals surface area (Å²) < 4.78 is 0.